The van der Waals surface area contributed by atoms with Gasteiger partial charge in [0.05, 0.1) is 12.7 Å². The minimum absolute atomic E-state index is 0.204. The summed E-state index contributed by atoms with van der Waals surface area (Å²) in [5, 5.41) is 0. The van der Waals surface area contributed by atoms with Gasteiger partial charge in [-0.25, -0.2) is 0 Å². The lowest BCUT2D eigenvalue weighted by Crippen LogP contribution is -2.26. The number of hydrogen-bond acceptors (Lipinski definition) is 2. The van der Waals surface area contributed by atoms with Crippen molar-refractivity contribution >= 4 is 0 Å². The van der Waals surface area contributed by atoms with E-state index in [2.05, 4.69) is 25.5 Å². The molecule has 1 aliphatic heterocycles. The van der Waals surface area contributed by atoms with Gasteiger partial charge in [-0.2, -0.15) is 8.78 Å². The number of rotatable bonds is 5. The molecular formula is C16H22F2O2. The SMILES string of the molecule is CC(C)CC[C@@H]1OCc2cc(OC(F)F)ccc2[C@@H]1C. The Morgan fingerprint density at radius 2 is 2.10 bits per heavy atom. The van der Waals surface area contributed by atoms with Gasteiger partial charge in [-0.3, -0.25) is 0 Å². The van der Waals surface area contributed by atoms with Gasteiger partial charge < -0.3 is 9.47 Å². The zero-order valence-corrected chi connectivity index (χ0v) is 12.2. The minimum atomic E-state index is -2.78. The Hall–Kier alpha value is -1.16. The van der Waals surface area contributed by atoms with Crippen LogP contribution in [0, 0.1) is 5.92 Å². The third-order valence-electron chi connectivity index (χ3n) is 3.87. The molecule has 2 rings (SSSR count). The first-order chi connectivity index (χ1) is 9.47. The van der Waals surface area contributed by atoms with Crippen LogP contribution in [-0.4, -0.2) is 12.7 Å². The smallest absolute Gasteiger partial charge is 0.387 e. The molecule has 0 amide bonds. The van der Waals surface area contributed by atoms with Crippen molar-refractivity contribution in [3.63, 3.8) is 0 Å². The summed E-state index contributed by atoms with van der Waals surface area (Å²) in [6, 6.07) is 5.17. The Labute approximate surface area is 119 Å². The Morgan fingerprint density at radius 1 is 1.35 bits per heavy atom. The van der Waals surface area contributed by atoms with E-state index in [1.807, 2.05) is 6.07 Å². The van der Waals surface area contributed by atoms with Gasteiger partial charge in [-0.05, 0) is 42.0 Å². The number of benzene rings is 1. The van der Waals surface area contributed by atoms with Crippen molar-refractivity contribution < 1.29 is 18.3 Å². The summed E-state index contributed by atoms with van der Waals surface area (Å²) in [4.78, 5) is 0. The summed E-state index contributed by atoms with van der Waals surface area (Å²) in [6.45, 7) is 4.23. The monoisotopic (exact) mass is 284 g/mol. The lowest BCUT2D eigenvalue weighted by atomic mass is 9.86. The molecular weight excluding hydrogens is 262 g/mol. The second kappa shape index (κ2) is 6.53. The van der Waals surface area contributed by atoms with Crippen LogP contribution in [0.5, 0.6) is 5.75 Å². The van der Waals surface area contributed by atoms with Gasteiger partial charge in [-0.15, -0.1) is 0 Å². The van der Waals surface area contributed by atoms with Gasteiger partial charge in [0, 0.05) is 5.92 Å². The van der Waals surface area contributed by atoms with Crippen LogP contribution >= 0.6 is 0 Å². The molecule has 0 radical (unpaired) electrons. The molecule has 0 unspecified atom stereocenters. The Balaban J connectivity index is 2.08. The first-order valence-electron chi connectivity index (χ1n) is 7.16. The molecule has 2 atom stereocenters. The van der Waals surface area contributed by atoms with Crippen LogP contribution in [0.2, 0.25) is 0 Å². The topological polar surface area (TPSA) is 18.5 Å². The molecule has 1 aromatic rings. The van der Waals surface area contributed by atoms with Crippen LogP contribution in [0.25, 0.3) is 0 Å². The van der Waals surface area contributed by atoms with E-state index in [1.54, 1.807) is 12.1 Å². The summed E-state index contributed by atoms with van der Waals surface area (Å²) in [5.74, 6) is 1.15. The molecule has 4 heteroatoms. The van der Waals surface area contributed by atoms with Crippen LogP contribution in [0.15, 0.2) is 18.2 Å². The zero-order valence-electron chi connectivity index (χ0n) is 12.2. The van der Waals surface area contributed by atoms with Gasteiger partial charge in [0.15, 0.2) is 0 Å². The van der Waals surface area contributed by atoms with Crippen LogP contribution in [-0.2, 0) is 11.3 Å². The van der Waals surface area contributed by atoms with E-state index >= 15 is 0 Å². The lowest BCUT2D eigenvalue weighted by Gasteiger charge is -2.32. The average molecular weight is 284 g/mol. The van der Waals surface area contributed by atoms with Crippen LogP contribution in [0.1, 0.15) is 50.7 Å². The molecule has 1 aromatic carbocycles. The van der Waals surface area contributed by atoms with Gasteiger partial charge in [0.25, 0.3) is 0 Å². The highest BCUT2D eigenvalue weighted by molar-refractivity contribution is 5.39. The first kappa shape index (κ1) is 15.2. The van der Waals surface area contributed by atoms with Crippen molar-refractivity contribution in [1.82, 2.24) is 0 Å². The molecule has 0 saturated carbocycles. The molecule has 0 aromatic heterocycles. The Bertz CT molecular complexity index is 446. The molecule has 1 heterocycles. The van der Waals surface area contributed by atoms with Crippen molar-refractivity contribution in [1.29, 1.82) is 0 Å². The maximum Gasteiger partial charge on any atom is 0.387 e. The van der Waals surface area contributed by atoms with E-state index in [0.29, 0.717) is 12.5 Å². The summed E-state index contributed by atoms with van der Waals surface area (Å²) < 4.78 is 34.7. The summed E-state index contributed by atoms with van der Waals surface area (Å²) >= 11 is 0. The van der Waals surface area contributed by atoms with E-state index in [-0.39, 0.29) is 17.8 Å². The molecule has 20 heavy (non-hydrogen) atoms. The Kier molecular flexibility index (Phi) is 4.97. The fourth-order valence-electron chi connectivity index (χ4n) is 2.70. The predicted molar refractivity (Wildman–Crippen MR) is 74.1 cm³/mol. The second-order valence-electron chi connectivity index (χ2n) is 5.85. The van der Waals surface area contributed by atoms with Gasteiger partial charge in [0.2, 0.25) is 0 Å². The molecule has 0 bridgehead atoms. The maximum absolute atomic E-state index is 12.2. The molecule has 0 spiro atoms. The van der Waals surface area contributed by atoms with Gasteiger partial charge in [0.1, 0.15) is 5.75 Å². The summed E-state index contributed by atoms with van der Waals surface area (Å²) in [6.07, 6.45) is 2.39. The Morgan fingerprint density at radius 3 is 2.75 bits per heavy atom. The molecule has 112 valence electrons. The average Bonchev–Trinajstić information content (AvgIpc) is 2.37. The highest BCUT2D eigenvalue weighted by Crippen LogP contribution is 2.35. The highest BCUT2D eigenvalue weighted by atomic mass is 19.3. The first-order valence-corrected chi connectivity index (χ1v) is 7.16. The summed E-state index contributed by atoms with van der Waals surface area (Å²) in [5.41, 5.74) is 2.14. The van der Waals surface area contributed by atoms with Crippen molar-refractivity contribution in [3.05, 3.63) is 29.3 Å². The molecule has 2 nitrogen and oxygen atoms in total. The van der Waals surface area contributed by atoms with Crippen molar-refractivity contribution in [2.75, 3.05) is 0 Å². The predicted octanol–water partition coefficient (Wildman–Crippen LogP) is 4.73. The van der Waals surface area contributed by atoms with Crippen LogP contribution in [0.3, 0.4) is 0 Å². The third kappa shape index (κ3) is 3.69. The highest BCUT2D eigenvalue weighted by Gasteiger charge is 2.27. The molecule has 0 fully saturated rings. The number of halogens is 2. The quantitative estimate of drug-likeness (QED) is 0.778. The van der Waals surface area contributed by atoms with Crippen LogP contribution < -0.4 is 4.74 Å². The number of alkyl halides is 2. The van der Waals surface area contributed by atoms with E-state index in [9.17, 15) is 8.78 Å². The standard InChI is InChI=1S/C16H22F2O2/c1-10(2)4-7-15-11(3)14-6-5-13(20-16(17)18)8-12(14)9-19-15/h5-6,8,10-11,15-16H,4,7,9H2,1-3H3/t11-,15-/m0/s1. The fourth-order valence-corrected chi connectivity index (χ4v) is 2.70. The largest absolute Gasteiger partial charge is 0.435 e. The van der Waals surface area contributed by atoms with E-state index < -0.39 is 6.61 Å². The van der Waals surface area contributed by atoms with Gasteiger partial charge in [-0.1, -0.05) is 26.8 Å². The normalized spacial score (nSPS) is 22.1. The number of ether oxygens (including phenoxy) is 2. The molecule has 0 saturated heterocycles. The molecule has 0 aliphatic carbocycles. The van der Waals surface area contributed by atoms with Crippen molar-refractivity contribution in [2.24, 2.45) is 5.92 Å². The number of fused-ring (bicyclic) bond motifs is 1. The van der Waals surface area contributed by atoms with Crippen LogP contribution in [0.4, 0.5) is 8.78 Å². The van der Waals surface area contributed by atoms with Crippen molar-refractivity contribution in [3.8, 4) is 5.75 Å². The molecule has 1 aliphatic rings. The lowest BCUT2D eigenvalue weighted by molar-refractivity contribution is -0.0503. The second-order valence-corrected chi connectivity index (χ2v) is 5.85. The van der Waals surface area contributed by atoms with Gasteiger partial charge >= 0.3 is 6.61 Å². The minimum Gasteiger partial charge on any atom is -0.435 e. The summed E-state index contributed by atoms with van der Waals surface area (Å²) in [7, 11) is 0. The van der Waals surface area contributed by atoms with E-state index in [4.69, 9.17) is 4.74 Å². The van der Waals surface area contributed by atoms with Crippen molar-refractivity contribution in [2.45, 2.75) is 58.9 Å². The zero-order chi connectivity index (χ0) is 14.7. The third-order valence-corrected chi connectivity index (χ3v) is 3.87. The maximum atomic E-state index is 12.2. The van der Waals surface area contributed by atoms with E-state index in [1.165, 1.54) is 5.56 Å². The van der Waals surface area contributed by atoms with E-state index in [0.717, 1.165) is 18.4 Å². The number of hydrogen-bond donors (Lipinski definition) is 0. The molecule has 0 N–H and O–H groups in total. The fraction of sp³-hybridized carbons (Fsp3) is 0.625.